The number of hydrogen-bond acceptors (Lipinski definition) is 3. The average molecular weight is 256 g/mol. The standard InChI is InChI=1S/C16H20N2O/c1-3-14-16(9-8-12(2)18-14)19-15-7-5-4-6-13(15)10-11-17/h4-9H,3,10-11,17H2,1-2H3. The third-order valence-electron chi connectivity index (χ3n) is 3.01. The minimum absolute atomic E-state index is 0.618. The third-order valence-corrected chi connectivity index (χ3v) is 3.01. The zero-order chi connectivity index (χ0) is 13.7. The monoisotopic (exact) mass is 256 g/mol. The fourth-order valence-electron chi connectivity index (χ4n) is 2.03. The van der Waals surface area contributed by atoms with E-state index in [0.717, 1.165) is 41.3 Å². The van der Waals surface area contributed by atoms with Crippen molar-refractivity contribution >= 4 is 0 Å². The van der Waals surface area contributed by atoms with Crippen LogP contribution in [0.4, 0.5) is 0 Å². The van der Waals surface area contributed by atoms with Crippen molar-refractivity contribution in [3.8, 4) is 11.5 Å². The summed E-state index contributed by atoms with van der Waals surface area (Å²) in [6.45, 7) is 4.69. The van der Waals surface area contributed by atoms with Crippen molar-refractivity contribution in [2.24, 2.45) is 5.73 Å². The van der Waals surface area contributed by atoms with Gasteiger partial charge in [-0.15, -0.1) is 0 Å². The number of aryl methyl sites for hydroxylation is 2. The molecule has 0 fully saturated rings. The van der Waals surface area contributed by atoms with Crippen molar-refractivity contribution in [2.75, 3.05) is 6.54 Å². The second kappa shape index (κ2) is 6.34. The van der Waals surface area contributed by atoms with Crippen LogP contribution in [0.1, 0.15) is 23.9 Å². The lowest BCUT2D eigenvalue weighted by atomic mass is 10.1. The summed E-state index contributed by atoms with van der Waals surface area (Å²) in [6.07, 6.45) is 1.67. The fourth-order valence-corrected chi connectivity index (χ4v) is 2.03. The van der Waals surface area contributed by atoms with Crippen LogP contribution in [0.25, 0.3) is 0 Å². The molecule has 0 aliphatic heterocycles. The molecule has 19 heavy (non-hydrogen) atoms. The number of pyridine rings is 1. The molecule has 2 rings (SSSR count). The molecule has 0 aliphatic rings. The fraction of sp³-hybridized carbons (Fsp3) is 0.312. The molecule has 2 N–H and O–H groups in total. The molecule has 0 atom stereocenters. The molecule has 3 nitrogen and oxygen atoms in total. The van der Waals surface area contributed by atoms with Gasteiger partial charge in [-0.3, -0.25) is 4.98 Å². The number of nitrogens with two attached hydrogens (primary N) is 1. The van der Waals surface area contributed by atoms with Crippen LogP contribution in [-0.2, 0) is 12.8 Å². The van der Waals surface area contributed by atoms with Gasteiger partial charge < -0.3 is 10.5 Å². The van der Waals surface area contributed by atoms with E-state index in [1.165, 1.54) is 0 Å². The third kappa shape index (κ3) is 3.32. The zero-order valence-electron chi connectivity index (χ0n) is 11.5. The molecule has 3 heteroatoms. The Balaban J connectivity index is 2.30. The minimum Gasteiger partial charge on any atom is -0.455 e. The summed E-state index contributed by atoms with van der Waals surface area (Å²) in [6, 6.07) is 12.0. The topological polar surface area (TPSA) is 48.1 Å². The first-order valence-electron chi connectivity index (χ1n) is 6.67. The quantitative estimate of drug-likeness (QED) is 0.893. The van der Waals surface area contributed by atoms with Gasteiger partial charge in [-0.05, 0) is 50.1 Å². The highest BCUT2D eigenvalue weighted by atomic mass is 16.5. The van der Waals surface area contributed by atoms with Crippen molar-refractivity contribution in [2.45, 2.75) is 26.7 Å². The lowest BCUT2D eigenvalue weighted by molar-refractivity contribution is 0.466. The molecule has 0 saturated heterocycles. The number of para-hydroxylation sites is 1. The summed E-state index contributed by atoms with van der Waals surface area (Å²) >= 11 is 0. The first kappa shape index (κ1) is 13.6. The highest BCUT2D eigenvalue weighted by Gasteiger charge is 2.08. The molecule has 2 aromatic rings. The Morgan fingerprint density at radius 3 is 2.63 bits per heavy atom. The smallest absolute Gasteiger partial charge is 0.148 e. The van der Waals surface area contributed by atoms with Crippen LogP contribution in [0, 0.1) is 6.92 Å². The normalized spacial score (nSPS) is 10.5. The summed E-state index contributed by atoms with van der Waals surface area (Å²) in [4.78, 5) is 4.51. The largest absolute Gasteiger partial charge is 0.455 e. The van der Waals surface area contributed by atoms with Crippen LogP contribution >= 0.6 is 0 Å². The van der Waals surface area contributed by atoms with Gasteiger partial charge in [0, 0.05) is 5.69 Å². The molecule has 0 spiro atoms. The molecule has 0 bridgehead atoms. The number of hydrogen-bond donors (Lipinski definition) is 1. The molecule has 0 saturated carbocycles. The Morgan fingerprint density at radius 2 is 1.89 bits per heavy atom. The molecule has 1 aromatic heterocycles. The number of rotatable bonds is 5. The van der Waals surface area contributed by atoms with E-state index in [9.17, 15) is 0 Å². The maximum atomic E-state index is 6.02. The van der Waals surface area contributed by atoms with Gasteiger partial charge in [0.1, 0.15) is 11.5 Å². The van der Waals surface area contributed by atoms with E-state index in [1.807, 2.05) is 37.3 Å². The van der Waals surface area contributed by atoms with Crippen LogP contribution in [0.3, 0.4) is 0 Å². The van der Waals surface area contributed by atoms with Crippen molar-refractivity contribution < 1.29 is 4.74 Å². The second-order valence-electron chi connectivity index (χ2n) is 4.50. The Morgan fingerprint density at radius 1 is 1.11 bits per heavy atom. The summed E-state index contributed by atoms with van der Waals surface area (Å²) < 4.78 is 6.02. The molecule has 0 amide bonds. The van der Waals surface area contributed by atoms with Crippen LogP contribution in [0.15, 0.2) is 36.4 Å². The van der Waals surface area contributed by atoms with Gasteiger partial charge in [0.05, 0.1) is 5.69 Å². The van der Waals surface area contributed by atoms with Gasteiger partial charge >= 0.3 is 0 Å². The highest BCUT2D eigenvalue weighted by molar-refractivity contribution is 5.40. The van der Waals surface area contributed by atoms with Crippen molar-refractivity contribution in [3.63, 3.8) is 0 Å². The van der Waals surface area contributed by atoms with Crippen LogP contribution in [-0.4, -0.2) is 11.5 Å². The Labute approximate surface area is 114 Å². The van der Waals surface area contributed by atoms with Crippen molar-refractivity contribution in [3.05, 3.63) is 53.3 Å². The minimum atomic E-state index is 0.618. The number of aromatic nitrogens is 1. The first-order valence-corrected chi connectivity index (χ1v) is 6.67. The van der Waals surface area contributed by atoms with Gasteiger partial charge in [0.25, 0.3) is 0 Å². The van der Waals surface area contributed by atoms with Gasteiger partial charge in [-0.2, -0.15) is 0 Å². The predicted octanol–water partition coefficient (Wildman–Crippen LogP) is 3.25. The van der Waals surface area contributed by atoms with Gasteiger partial charge in [-0.25, -0.2) is 0 Å². The summed E-state index contributed by atoms with van der Waals surface area (Å²) in [5.41, 5.74) is 8.76. The SMILES string of the molecule is CCc1nc(C)ccc1Oc1ccccc1CCN. The molecule has 0 unspecified atom stereocenters. The Bertz CT molecular complexity index is 552. The van der Waals surface area contributed by atoms with E-state index in [0.29, 0.717) is 6.54 Å². The second-order valence-corrected chi connectivity index (χ2v) is 4.50. The van der Waals surface area contributed by atoms with E-state index in [1.54, 1.807) is 0 Å². The summed E-state index contributed by atoms with van der Waals surface area (Å²) in [5.74, 6) is 1.70. The van der Waals surface area contributed by atoms with E-state index < -0.39 is 0 Å². The molecule has 0 radical (unpaired) electrons. The predicted molar refractivity (Wildman–Crippen MR) is 77.6 cm³/mol. The molecular formula is C16H20N2O. The van der Waals surface area contributed by atoms with Crippen LogP contribution < -0.4 is 10.5 Å². The van der Waals surface area contributed by atoms with Gasteiger partial charge in [0.15, 0.2) is 0 Å². The van der Waals surface area contributed by atoms with E-state index in [4.69, 9.17) is 10.5 Å². The maximum absolute atomic E-state index is 6.02. The first-order chi connectivity index (χ1) is 9.24. The summed E-state index contributed by atoms with van der Waals surface area (Å²) in [7, 11) is 0. The van der Waals surface area contributed by atoms with Gasteiger partial charge in [0.2, 0.25) is 0 Å². The van der Waals surface area contributed by atoms with E-state index in [2.05, 4.69) is 18.0 Å². The molecule has 100 valence electrons. The van der Waals surface area contributed by atoms with E-state index in [-0.39, 0.29) is 0 Å². The number of nitrogens with zero attached hydrogens (tertiary/aromatic N) is 1. The molecular weight excluding hydrogens is 236 g/mol. The molecule has 0 aliphatic carbocycles. The highest BCUT2D eigenvalue weighted by Crippen LogP contribution is 2.28. The zero-order valence-corrected chi connectivity index (χ0v) is 11.5. The summed E-state index contributed by atoms with van der Waals surface area (Å²) in [5, 5.41) is 0. The number of ether oxygens (including phenoxy) is 1. The van der Waals surface area contributed by atoms with Crippen molar-refractivity contribution in [1.29, 1.82) is 0 Å². The lowest BCUT2D eigenvalue weighted by Gasteiger charge is -2.13. The molecule has 1 heterocycles. The van der Waals surface area contributed by atoms with Crippen LogP contribution in [0.2, 0.25) is 0 Å². The maximum Gasteiger partial charge on any atom is 0.148 e. The number of benzene rings is 1. The van der Waals surface area contributed by atoms with E-state index >= 15 is 0 Å². The lowest BCUT2D eigenvalue weighted by Crippen LogP contribution is -2.04. The Kier molecular flexibility index (Phi) is 4.53. The molecule has 1 aromatic carbocycles. The van der Waals surface area contributed by atoms with Crippen molar-refractivity contribution in [1.82, 2.24) is 4.98 Å². The van der Waals surface area contributed by atoms with Gasteiger partial charge in [-0.1, -0.05) is 25.1 Å². The Hall–Kier alpha value is -1.87. The van der Waals surface area contributed by atoms with Crippen LogP contribution in [0.5, 0.6) is 11.5 Å². The average Bonchev–Trinajstić information content (AvgIpc) is 2.43.